The molecule has 0 radical (unpaired) electrons. The highest BCUT2D eigenvalue weighted by molar-refractivity contribution is 8.01. The molecule has 1 heterocycles. The second-order valence-electron chi connectivity index (χ2n) is 10.0. The zero-order valence-electron chi connectivity index (χ0n) is 17.5. The maximum atomic E-state index is 4.17. The Morgan fingerprint density at radius 2 is 1.65 bits per heavy atom. The third-order valence-corrected chi connectivity index (χ3v) is 13.6. The van der Waals surface area contributed by atoms with Crippen LogP contribution in [0.15, 0.2) is 18.2 Å². The zero-order chi connectivity index (χ0) is 18.6. The second kappa shape index (κ2) is 6.88. The highest BCUT2D eigenvalue weighted by Gasteiger charge is 2.60. The summed E-state index contributed by atoms with van der Waals surface area (Å²) in [6.07, 6.45) is 5.96. The van der Waals surface area contributed by atoms with E-state index >= 15 is 0 Å². The average molecular weight is 388 g/mol. The number of fused-ring (bicyclic) bond motifs is 3. The van der Waals surface area contributed by atoms with E-state index in [-0.39, 0.29) is 0 Å². The molecule has 0 aromatic heterocycles. The molecule has 1 saturated heterocycles. The molecule has 26 heavy (non-hydrogen) atoms. The summed E-state index contributed by atoms with van der Waals surface area (Å²) in [4.78, 5) is 4.17. The van der Waals surface area contributed by atoms with Gasteiger partial charge in [0, 0.05) is 16.2 Å². The maximum absolute atomic E-state index is 4.17. The summed E-state index contributed by atoms with van der Waals surface area (Å²) < 4.78 is 0. The predicted octanol–water partition coefficient (Wildman–Crippen LogP) is 6.87. The Kier molecular flexibility index (Phi) is 5.01. The van der Waals surface area contributed by atoms with E-state index in [9.17, 15) is 0 Å². The summed E-state index contributed by atoms with van der Waals surface area (Å²) in [6, 6.07) is 6.72. The molecule has 1 N–H and O–H groups in total. The van der Waals surface area contributed by atoms with Crippen LogP contribution in [0.3, 0.4) is 0 Å². The van der Waals surface area contributed by atoms with Crippen molar-refractivity contribution in [2.75, 3.05) is 4.98 Å². The van der Waals surface area contributed by atoms with Gasteiger partial charge in [-0.1, -0.05) is 58.0 Å². The molecule has 0 amide bonds. The Bertz CT molecular complexity index is 652. The number of thioether (sulfide) groups is 1. The normalized spacial score (nSPS) is 39.5. The Balaban J connectivity index is 1.63. The number of hydrogen-bond acceptors (Lipinski definition) is 2. The van der Waals surface area contributed by atoms with Crippen LogP contribution in [-0.2, 0) is 0 Å². The van der Waals surface area contributed by atoms with Crippen LogP contribution in [0.1, 0.15) is 50.7 Å². The fourth-order valence-electron chi connectivity index (χ4n) is 6.75. The molecule has 3 fully saturated rings. The number of para-hydroxylation sites is 1. The number of hydrogen-bond donors (Lipinski definition) is 1. The van der Waals surface area contributed by atoms with Crippen LogP contribution in [0.4, 0.5) is 5.69 Å². The topological polar surface area (TPSA) is 12.0 Å². The monoisotopic (exact) mass is 387 g/mol. The first-order valence-electron chi connectivity index (χ1n) is 10.8. The maximum Gasteiger partial charge on any atom is 0.151 e. The Hall–Kier alpha value is -0.413. The third kappa shape index (κ3) is 2.98. The molecule has 3 heteroatoms. The van der Waals surface area contributed by atoms with E-state index in [1.807, 2.05) is 0 Å². The summed E-state index contributed by atoms with van der Waals surface area (Å²) in [5.41, 5.74) is 5.13. The minimum Gasteiger partial charge on any atom is -0.410 e. The van der Waals surface area contributed by atoms with Gasteiger partial charge in [0.25, 0.3) is 0 Å². The molecule has 144 valence electrons. The summed E-state index contributed by atoms with van der Waals surface area (Å²) in [5.74, 6) is 3.76. The van der Waals surface area contributed by atoms with E-state index in [2.05, 4.69) is 75.7 Å². The van der Waals surface area contributed by atoms with Crippen molar-refractivity contribution >= 4 is 25.7 Å². The van der Waals surface area contributed by atoms with E-state index in [4.69, 9.17) is 0 Å². The lowest BCUT2D eigenvalue weighted by Gasteiger charge is -2.39. The van der Waals surface area contributed by atoms with Gasteiger partial charge in [0.05, 0.1) is 0 Å². The first-order chi connectivity index (χ1) is 12.3. The molecule has 1 aliphatic heterocycles. The van der Waals surface area contributed by atoms with Crippen molar-refractivity contribution in [3.05, 3.63) is 29.3 Å². The lowest BCUT2D eigenvalue weighted by molar-refractivity contribution is 0.222. The van der Waals surface area contributed by atoms with Crippen LogP contribution in [0.25, 0.3) is 0 Å². The molecule has 4 rings (SSSR count). The molecule has 7 atom stereocenters. The average Bonchev–Trinajstić information content (AvgIpc) is 3.07. The van der Waals surface area contributed by atoms with Gasteiger partial charge in [0.15, 0.2) is 8.24 Å². The van der Waals surface area contributed by atoms with Crippen molar-refractivity contribution in [3.8, 4) is 0 Å². The van der Waals surface area contributed by atoms with Gasteiger partial charge >= 0.3 is 0 Å². The van der Waals surface area contributed by atoms with Gasteiger partial charge in [-0.15, -0.1) is 0 Å². The summed E-state index contributed by atoms with van der Waals surface area (Å²) in [6.45, 7) is 14.9. The van der Waals surface area contributed by atoms with E-state index in [1.165, 1.54) is 42.5 Å². The molecular formula is C23H37NSSi. The van der Waals surface area contributed by atoms with Crippen molar-refractivity contribution in [2.45, 2.75) is 82.5 Å². The van der Waals surface area contributed by atoms with Gasteiger partial charge in [-0.2, -0.15) is 11.8 Å². The van der Waals surface area contributed by atoms with Gasteiger partial charge in [0.1, 0.15) is 0 Å². The van der Waals surface area contributed by atoms with E-state index < -0.39 is 8.24 Å². The largest absolute Gasteiger partial charge is 0.410 e. The van der Waals surface area contributed by atoms with Gasteiger partial charge in [-0.3, -0.25) is 0 Å². The van der Waals surface area contributed by atoms with E-state index in [0.29, 0.717) is 0 Å². The van der Waals surface area contributed by atoms with E-state index in [1.54, 1.807) is 0 Å². The van der Waals surface area contributed by atoms with Crippen LogP contribution in [0.2, 0.25) is 18.6 Å². The Labute approximate surface area is 166 Å². The molecule has 2 saturated carbocycles. The lowest BCUT2D eigenvalue weighted by Crippen LogP contribution is -2.47. The van der Waals surface area contributed by atoms with Crippen LogP contribution in [-0.4, -0.2) is 18.7 Å². The Morgan fingerprint density at radius 1 is 1.00 bits per heavy atom. The molecule has 1 nitrogen and oxygen atoms in total. The highest BCUT2D eigenvalue weighted by atomic mass is 32.2. The molecule has 7 unspecified atom stereocenters. The number of aryl methyl sites for hydroxylation is 2. The van der Waals surface area contributed by atoms with Crippen molar-refractivity contribution in [1.29, 1.82) is 0 Å². The lowest BCUT2D eigenvalue weighted by atomic mass is 9.75. The smallest absolute Gasteiger partial charge is 0.151 e. The van der Waals surface area contributed by atoms with Crippen molar-refractivity contribution in [1.82, 2.24) is 0 Å². The van der Waals surface area contributed by atoms with Gasteiger partial charge in [-0.25, -0.2) is 0 Å². The number of benzene rings is 1. The minimum atomic E-state index is -1.60. The van der Waals surface area contributed by atoms with Gasteiger partial charge < -0.3 is 4.98 Å². The number of anilines is 1. The Morgan fingerprint density at radius 3 is 2.35 bits per heavy atom. The number of nitrogens with one attached hydrogen (secondary N) is 1. The standard InChI is InChI=1S/C23H37NSSi/c1-14-10-9-11-15(2)21(14)24-26(5,6)23-17(4)16(3)20-18-12-7-8-13-19(18)25-22(20)23/h9-11,16-20,22-24H,7-8,12-13H2,1-6H3. The van der Waals surface area contributed by atoms with Crippen molar-refractivity contribution in [3.63, 3.8) is 0 Å². The molecule has 2 aliphatic carbocycles. The third-order valence-electron chi connectivity index (χ3n) is 8.08. The molecule has 1 aromatic rings. The highest BCUT2D eigenvalue weighted by Crippen LogP contribution is 2.65. The second-order valence-corrected chi connectivity index (χ2v) is 15.8. The summed E-state index contributed by atoms with van der Waals surface area (Å²) in [5, 5.41) is 1.88. The van der Waals surface area contributed by atoms with Gasteiger partial charge in [-0.05, 0) is 67.0 Å². The van der Waals surface area contributed by atoms with Gasteiger partial charge in [0.2, 0.25) is 0 Å². The molecule has 0 bridgehead atoms. The predicted molar refractivity (Wildman–Crippen MR) is 120 cm³/mol. The fourth-order valence-corrected chi connectivity index (χ4v) is 14.1. The molecular weight excluding hydrogens is 350 g/mol. The van der Waals surface area contributed by atoms with Crippen molar-refractivity contribution < 1.29 is 0 Å². The first kappa shape index (κ1) is 18.9. The van der Waals surface area contributed by atoms with Crippen LogP contribution < -0.4 is 4.98 Å². The first-order valence-corrected chi connectivity index (χ1v) is 14.8. The minimum absolute atomic E-state index is 0.860. The zero-order valence-corrected chi connectivity index (χ0v) is 19.3. The molecule has 0 spiro atoms. The van der Waals surface area contributed by atoms with Crippen LogP contribution >= 0.6 is 11.8 Å². The molecule has 3 aliphatic rings. The number of rotatable bonds is 3. The van der Waals surface area contributed by atoms with Crippen LogP contribution in [0, 0.1) is 37.5 Å². The molecule has 1 aromatic carbocycles. The summed E-state index contributed by atoms with van der Waals surface area (Å²) >= 11 is 2.42. The fraction of sp³-hybridized carbons (Fsp3) is 0.739. The van der Waals surface area contributed by atoms with E-state index in [0.717, 1.165) is 39.7 Å². The van der Waals surface area contributed by atoms with Crippen molar-refractivity contribution in [2.24, 2.45) is 23.7 Å². The van der Waals surface area contributed by atoms with Crippen LogP contribution in [0.5, 0.6) is 0 Å². The summed E-state index contributed by atoms with van der Waals surface area (Å²) in [7, 11) is -1.60. The quantitative estimate of drug-likeness (QED) is 0.568. The SMILES string of the molecule is Cc1cccc(C)c1N[Si](C)(C)C1C(C)C(C)C2C3CCCCC3SC21.